The maximum atomic E-state index is 11.2. The van der Waals surface area contributed by atoms with E-state index in [9.17, 15) is 10.2 Å². The first-order chi connectivity index (χ1) is 18.7. The molecule has 5 rings (SSSR count). The number of fused-ring (bicyclic) bond motifs is 3. The van der Waals surface area contributed by atoms with Gasteiger partial charge in [0.15, 0.2) is 0 Å². The van der Waals surface area contributed by atoms with Gasteiger partial charge < -0.3 is 19.7 Å². The Bertz CT molecular complexity index is 1400. The molecule has 0 atom stereocenters. The van der Waals surface area contributed by atoms with Crippen molar-refractivity contribution in [2.24, 2.45) is 0 Å². The van der Waals surface area contributed by atoms with Crippen LogP contribution in [0.5, 0.6) is 11.5 Å². The average Bonchev–Trinajstić information content (AvgIpc) is 3.22. The highest BCUT2D eigenvalue weighted by Crippen LogP contribution is 2.57. The van der Waals surface area contributed by atoms with Crippen LogP contribution < -0.4 is 0 Å². The van der Waals surface area contributed by atoms with Crippen molar-refractivity contribution in [2.75, 3.05) is 14.2 Å². The molecule has 4 aromatic rings. The lowest BCUT2D eigenvalue weighted by atomic mass is 9.66. The van der Waals surface area contributed by atoms with Crippen molar-refractivity contribution < 1.29 is 19.7 Å². The van der Waals surface area contributed by atoms with Gasteiger partial charge in [0.1, 0.15) is 11.5 Å². The molecule has 2 N–H and O–H groups in total. The third kappa shape index (κ3) is 4.23. The van der Waals surface area contributed by atoms with Crippen LogP contribution in [0.3, 0.4) is 0 Å². The van der Waals surface area contributed by atoms with Crippen molar-refractivity contribution in [3.63, 3.8) is 0 Å². The normalized spacial score (nSPS) is 13.6. The number of aromatic hydroxyl groups is 2. The van der Waals surface area contributed by atoms with E-state index in [1.165, 1.54) is 22.3 Å². The van der Waals surface area contributed by atoms with E-state index in [1.807, 2.05) is 0 Å². The molecule has 4 heteroatoms. The quantitative estimate of drug-likeness (QED) is 0.217. The van der Waals surface area contributed by atoms with Crippen LogP contribution in [0.4, 0.5) is 0 Å². The maximum Gasteiger partial charge on any atom is 0.124 e. The van der Waals surface area contributed by atoms with E-state index in [0.717, 1.165) is 33.4 Å². The van der Waals surface area contributed by atoms with Gasteiger partial charge in [-0.05, 0) is 68.5 Å². The van der Waals surface area contributed by atoms with E-state index in [4.69, 9.17) is 9.47 Å². The second-order valence-corrected chi connectivity index (χ2v) is 11.2. The number of methoxy groups -OCH3 is 2. The van der Waals surface area contributed by atoms with Crippen molar-refractivity contribution in [1.29, 1.82) is 0 Å². The molecule has 0 radical (unpaired) electrons. The minimum atomic E-state index is -0.674. The summed E-state index contributed by atoms with van der Waals surface area (Å²) in [7, 11) is 3.31. The Balaban J connectivity index is 1.99. The second-order valence-electron chi connectivity index (χ2n) is 11.2. The summed E-state index contributed by atoms with van der Waals surface area (Å²) >= 11 is 0. The van der Waals surface area contributed by atoms with Crippen LogP contribution in [0.2, 0.25) is 0 Å². The Labute approximate surface area is 231 Å². The molecule has 0 aromatic heterocycles. The van der Waals surface area contributed by atoms with Gasteiger partial charge in [-0.1, -0.05) is 88.4 Å². The molecule has 0 amide bonds. The van der Waals surface area contributed by atoms with Crippen molar-refractivity contribution in [2.45, 2.75) is 58.2 Å². The van der Waals surface area contributed by atoms with Gasteiger partial charge in [0.25, 0.3) is 0 Å². The fourth-order valence-corrected chi connectivity index (χ4v) is 6.31. The van der Waals surface area contributed by atoms with Gasteiger partial charge in [-0.15, -0.1) is 0 Å². The summed E-state index contributed by atoms with van der Waals surface area (Å²) in [6, 6.07) is 25.7. The highest BCUT2D eigenvalue weighted by Gasteiger charge is 2.47. The number of phenols is 2. The Morgan fingerprint density at radius 3 is 1.36 bits per heavy atom. The average molecular weight is 523 g/mol. The molecule has 0 spiro atoms. The molecule has 39 heavy (non-hydrogen) atoms. The predicted octanol–water partition coefficient (Wildman–Crippen LogP) is 8.00. The second kappa shape index (κ2) is 10.5. The van der Waals surface area contributed by atoms with E-state index in [1.54, 1.807) is 14.2 Å². The molecule has 0 saturated heterocycles. The summed E-state index contributed by atoms with van der Waals surface area (Å²) in [4.78, 5) is 0. The first-order valence-electron chi connectivity index (χ1n) is 13.6. The molecule has 1 aliphatic carbocycles. The van der Waals surface area contributed by atoms with Gasteiger partial charge in [-0.25, -0.2) is 0 Å². The Morgan fingerprint density at radius 1 is 0.615 bits per heavy atom. The predicted molar refractivity (Wildman–Crippen MR) is 157 cm³/mol. The molecule has 0 heterocycles. The highest BCUT2D eigenvalue weighted by molar-refractivity contribution is 5.86. The maximum absolute atomic E-state index is 11.2. The van der Waals surface area contributed by atoms with Crippen LogP contribution in [0.1, 0.15) is 84.0 Å². The van der Waals surface area contributed by atoms with E-state index in [0.29, 0.717) is 24.7 Å². The third-order valence-electron chi connectivity index (χ3n) is 8.10. The van der Waals surface area contributed by atoms with E-state index in [2.05, 4.69) is 100 Å². The minimum Gasteiger partial charge on any atom is -0.507 e. The van der Waals surface area contributed by atoms with Crippen molar-refractivity contribution in [1.82, 2.24) is 0 Å². The van der Waals surface area contributed by atoms with Crippen molar-refractivity contribution in [3.05, 3.63) is 117 Å². The SMILES string of the molecule is COCc1cc(C2(c3cc(COC)c(O)c(C(C)C)c3)c3ccccc3-c3ccccc32)cc(C(C)C)c1O. The van der Waals surface area contributed by atoms with Crippen LogP contribution in [0.15, 0.2) is 72.8 Å². The molecule has 4 aromatic carbocycles. The third-order valence-corrected chi connectivity index (χ3v) is 8.10. The molecular formula is C35H38O4. The first-order valence-corrected chi connectivity index (χ1v) is 13.6. The Kier molecular flexibility index (Phi) is 7.28. The molecule has 0 fully saturated rings. The van der Waals surface area contributed by atoms with Gasteiger partial charge in [0.05, 0.1) is 18.6 Å². The van der Waals surface area contributed by atoms with E-state index in [-0.39, 0.29) is 11.8 Å². The number of rotatable bonds is 8. The monoisotopic (exact) mass is 522 g/mol. The molecule has 0 unspecified atom stereocenters. The lowest BCUT2D eigenvalue weighted by Gasteiger charge is -2.36. The molecule has 1 aliphatic rings. The summed E-state index contributed by atoms with van der Waals surface area (Å²) in [5.41, 5.74) is 9.50. The largest absolute Gasteiger partial charge is 0.507 e. The number of hydrogen-bond acceptors (Lipinski definition) is 4. The summed E-state index contributed by atoms with van der Waals surface area (Å²) in [6.07, 6.45) is 0. The zero-order valence-corrected chi connectivity index (χ0v) is 23.7. The fourth-order valence-electron chi connectivity index (χ4n) is 6.31. The lowest BCUT2D eigenvalue weighted by molar-refractivity contribution is 0.181. The Morgan fingerprint density at radius 2 is 1.00 bits per heavy atom. The minimum absolute atomic E-state index is 0.111. The summed E-state index contributed by atoms with van der Waals surface area (Å²) < 4.78 is 11.1. The molecule has 0 bridgehead atoms. The zero-order valence-electron chi connectivity index (χ0n) is 23.7. The Hall–Kier alpha value is -3.60. The molecule has 0 saturated carbocycles. The first kappa shape index (κ1) is 27.0. The van der Waals surface area contributed by atoms with E-state index < -0.39 is 5.41 Å². The van der Waals surface area contributed by atoms with Crippen LogP contribution in [0.25, 0.3) is 11.1 Å². The summed E-state index contributed by atoms with van der Waals surface area (Å²) in [6.45, 7) is 9.03. The van der Waals surface area contributed by atoms with Crippen molar-refractivity contribution >= 4 is 0 Å². The fraction of sp³-hybridized carbons (Fsp3) is 0.314. The lowest BCUT2D eigenvalue weighted by Crippen LogP contribution is -2.29. The summed E-state index contributed by atoms with van der Waals surface area (Å²) in [5, 5.41) is 22.5. The molecular weight excluding hydrogens is 484 g/mol. The number of benzene rings is 4. The van der Waals surface area contributed by atoms with Gasteiger partial charge in [-0.3, -0.25) is 0 Å². The molecule has 202 valence electrons. The standard InChI is InChI=1S/C35H38O4/c1-21(2)29-17-25(15-23(19-38-5)33(29)36)35(26-16-24(20-39-6)34(37)30(18-26)22(3)4)31-13-9-7-11-27(31)28-12-8-10-14-32(28)35/h7-18,21-22,36-37H,19-20H2,1-6H3. The van der Waals surface area contributed by atoms with Crippen LogP contribution in [-0.4, -0.2) is 24.4 Å². The smallest absolute Gasteiger partial charge is 0.124 e. The van der Waals surface area contributed by atoms with Crippen LogP contribution in [-0.2, 0) is 28.1 Å². The van der Waals surface area contributed by atoms with Crippen molar-refractivity contribution in [3.8, 4) is 22.6 Å². The highest BCUT2D eigenvalue weighted by atomic mass is 16.5. The summed E-state index contributed by atoms with van der Waals surface area (Å²) in [5.74, 6) is 0.803. The van der Waals surface area contributed by atoms with Crippen LogP contribution in [0, 0.1) is 0 Å². The number of hydrogen-bond donors (Lipinski definition) is 2. The van der Waals surface area contributed by atoms with Gasteiger partial charge in [0, 0.05) is 25.3 Å². The van der Waals surface area contributed by atoms with Gasteiger partial charge in [-0.2, -0.15) is 0 Å². The number of ether oxygens (including phenoxy) is 2. The van der Waals surface area contributed by atoms with Gasteiger partial charge >= 0.3 is 0 Å². The van der Waals surface area contributed by atoms with E-state index >= 15 is 0 Å². The van der Waals surface area contributed by atoms with Gasteiger partial charge in [0.2, 0.25) is 0 Å². The topological polar surface area (TPSA) is 58.9 Å². The number of phenolic OH excluding ortho intramolecular Hbond substituents is 2. The van der Waals surface area contributed by atoms with Crippen LogP contribution >= 0.6 is 0 Å². The molecule has 4 nitrogen and oxygen atoms in total. The zero-order chi connectivity index (χ0) is 27.9. The molecule has 0 aliphatic heterocycles.